The number of rotatable bonds is 8. The molecule has 3 N–H and O–H groups in total. The molecule has 0 saturated heterocycles. The van der Waals surface area contributed by atoms with E-state index in [9.17, 15) is 20.1 Å². The SMILES string of the molecule is COc1cc(-c2ccc(O)cc2)c(OC)c(O)c1-c1ccc(OCC=C(C)C)c(C(=O)O)c1. The van der Waals surface area contributed by atoms with Gasteiger partial charge in [-0.1, -0.05) is 23.8 Å². The van der Waals surface area contributed by atoms with Crippen LogP contribution in [0.15, 0.2) is 60.2 Å². The van der Waals surface area contributed by atoms with Crippen LogP contribution < -0.4 is 14.2 Å². The lowest BCUT2D eigenvalue weighted by Gasteiger charge is -2.18. The first-order valence-corrected chi connectivity index (χ1v) is 10.2. The average molecular weight is 450 g/mol. The fourth-order valence-corrected chi connectivity index (χ4v) is 3.41. The molecule has 0 aliphatic rings. The molecule has 172 valence electrons. The second-order valence-electron chi connectivity index (χ2n) is 7.54. The third-order valence-corrected chi connectivity index (χ3v) is 5.05. The van der Waals surface area contributed by atoms with Gasteiger partial charge >= 0.3 is 5.97 Å². The number of phenolic OH excluding ortho intramolecular Hbond substituents is 2. The normalized spacial score (nSPS) is 10.4. The molecule has 0 aliphatic carbocycles. The van der Waals surface area contributed by atoms with E-state index in [-0.39, 0.29) is 40.7 Å². The molecule has 0 spiro atoms. The highest BCUT2D eigenvalue weighted by atomic mass is 16.5. The molecule has 0 bridgehead atoms. The number of carbonyl (C=O) groups is 1. The summed E-state index contributed by atoms with van der Waals surface area (Å²) in [6.45, 7) is 4.09. The molecule has 0 aliphatic heterocycles. The Morgan fingerprint density at radius 1 is 0.909 bits per heavy atom. The summed E-state index contributed by atoms with van der Waals surface area (Å²) in [5, 5.41) is 30.4. The summed E-state index contributed by atoms with van der Waals surface area (Å²) >= 11 is 0. The highest BCUT2D eigenvalue weighted by Gasteiger charge is 2.23. The van der Waals surface area contributed by atoms with E-state index in [2.05, 4.69) is 0 Å². The Balaban J connectivity index is 2.15. The lowest BCUT2D eigenvalue weighted by atomic mass is 9.95. The Hall–Kier alpha value is -4.13. The Kier molecular flexibility index (Phi) is 7.13. The van der Waals surface area contributed by atoms with E-state index >= 15 is 0 Å². The third kappa shape index (κ3) is 5.03. The van der Waals surface area contributed by atoms with Gasteiger partial charge in [-0.25, -0.2) is 4.79 Å². The van der Waals surface area contributed by atoms with Gasteiger partial charge in [0.2, 0.25) is 0 Å². The molecule has 0 radical (unpaired) electrons. The topological polar surface area (TPSA) is 105 Å². The van der Waals surface area contributed by atoms with Crippen LogP contribution in [-0.4, -0.2) is 42.1 Å². The van der Waals surface area contributed by atoms with E-state index in [4.69, 9.17) is 14.2 Å². The van der Waals surface area contributed by atoms with Gasteiger partial charge in [0.15, 0.2) is 11.5 Å². The molecule has 3 aromatic carbocycles. The summed E-state index contributed by atoms with van der Waals surface area (Å²) in [5.74, 6) is -0.513. The van der Waals surface area contributed by atoms with Gasteiger partial charge in [-0.15, -0.1) is 0 Å². The smallest absolute Gasteiger partial charge is 0.339 e. The maximum absolute atomic E-state index is 11.9. The number of benzene rings is 3. The van der Waals surface area contributed by atoms with Crippen molar-refractivity contribution in [3.8, 4) is 51.0 Å². The number of allylic oxidation sites excluding steroid dienone is 1. The molecule has 7 nitrogen and oxygen atoms in total. The fourth-order valence-electron chi connectivity index (χ4n) is 3.41. The molecule has 3 rings (SSSR count). The van der Waals surface area contributed by atoms with Crippen molar-refractivity contribution in [1.82, 2.24) is 0 Å². The summed E-state index contributed by atoms with van der Waals surface area (Å²) < 4.78 is 16.6. The first-order valence-electron chi connectivity index (χ1n) is 10.2. The summed E-state index contributed by atoms with van der Waals surface area (Å²) in [6.07, 6.45) is 1.85. The van der Waals surface area contributed by atoms with Crippen molar-refractivity contribution in [2.45, 2.75) is 13.8 Å². The summed E-state index contributed by atoms with van der Waals surface area (Å²) in [4.78, 5) is 11.9. The van der Waals surface area contributed by atoms with Crippen LogP contribution in [0.5, 0.6) is 28.7 Å². The van der Waals surface area contributed by atoms with Crippen LogP contribution in [0, 0.1) is 0 Å². The molecule has 0 atom stereocenters. The maximum Gasteiger partial charge on any atom is 0.339 e. The molecule has 0 unspecified atom stereocenters. The molecular weight excluding hydrogens is 424 g/mol. The predicted molar refractivity (Wildman–Crippen MR) is 126 cm³/mol. The van der Waals surface area contributed by atoms with E-state index < -0.39 is 5.97 Å². The Morgan fingerprint density at radius 2 is 1.58 bits per heavy atom. The van der Waals surface area contributed by atoms with Crippen molar-refractivity contribution in [3.63, 3.8) is 0 Å². The minimum Gasteiger partial charge on any atom is -0.508 e. The minimum atomic E-state index is -1.16. The summed E-state index contributed by atoms with van der Waals surface area (Å²) in [6, 6.07) is 12.8. The quantitative estimate of drug-likeness (QED) is 0.390. The van der Waals surface area contributed by atoms with Gasteiger partial charge in [0.25, 0.3) is 0 Å². The van der Waals surface area contributed by atoms with Crippen LogP contribution in [0.25, 0.3) is 22.3 Å². The minimum absolute atomic E-state index is 0.0438. The van der Waals surface area contributed by atoms with Crippen molar-refractivity contribution in [1.29, 1.82) is 0 Å². The number of methoxy groups -OCH3 is 2. The van der Waals surface area contributed by atoms with Crippen LogP contribution in [0.1, 0.15) is 24.2 Å². The fraction of sp³-hybridized carbons (Fsp3) is 0.192. The zero-order chi connectivity index (χ0) is 24.1. The monoisotopic (exact) mass is 450 g/mol. The second-order valence-corrected chi connectivity index (χ2v) is 7.54. The predicted octanol–water partition coefficient (Wildman–Crippen LogP) is 5.49. The van der Waals surface area contributed by atoms with Crippen LogP contribution in [0.3, 0.4) is 0 Å². The number of aromatic hydroxyl groups is 2. The average Bonchev–Trinajstić information content (AvgIpc) is 2.79. The number of carboxylic acids is 1. The molecular formula is C26H26O7. The standard InChI is InChI=1S/C26H26O7/c1-15(2)11-12-33-21-10-7-17(13-20(21)26(29)30)23-22(31-3)14-19(25(32-4)24(23)28)16-5-8-18(27)9-6-16/h5-11,13-14,27-28H,12H2,1-4H3,(H,29,30). The van der Waals surface area contributed by atoms with Crippen LogP contribution in [0.4, 0.5) is 0 Å². The van der Waals surface area contributed by atoms with Gasteiger partial charge in [0.05, 0.1) is 19.8 Å². The summed E-state index contributed by atoms with van der Waals surface area (Å²) in [7, 11) is 2.89. The third-order valence-electron chi connectivity index (χ3n) is 5.05. The number of ether oxygens (including phenoxy) is 3. The zero-order valence-electron chi connectivity index (χ0n) is 18.9. The Labute approximate surface area is 192 Å². The number of carboxylic acid groups (broad SMARTS) is 1. The number of phenols is 2. The van der Waals surface area contributed by atoms with Crippen molar-refractivity contribution in [3.05, 3.63) is 65.7 Å². The first-order chi connectivity index (χ1) is 15.8. The van der Waals surface area contributed by atoms with Crippen molar-refractivity contribution < 1.29 is 34.3 Å². The number of hydrogen-bond donors (Lipinski definition) is 3. The Bertz CT molecular complexity index is 1190. The summed E-state index contributed by atoms with van der Waals surface area (Å²) in [5.41, 5.74) is 2.97. The van der Waals surface area contributed by atoms with Gasteiger partial charge < -0.3 is 29.5 Å². The van der Waals surface area contributed by atoms with Crippen LogP contribution >= 0.6 is 0 Å². The second kappa shape index (κ2) is 9.99. The number of aromatic carboxylic acids is 1. The van der Waals surface area contributed by atoms with Gasteiger partial charge in [-0.05, 0) is 61.4 Å². The van der Waals surface area contributed by atoms with Crippen molar-refractivity contribution in [2.24, 2.45) is 0 Å². The zero-order valence-corrected chi connectivity index (χ0v) is 18.9. The van der Waals surface area contributed by atoms with Gasteiger partial charge in [-0.2, -0.15) is 0 Å². The molecule has 0 heterocycles. The lowest BCUT2D eigenvalue weighted by Crippen LogP contribution is -2.04. The van der Waals surface area contributed by atoms with Gasteiger partial charge in [0, 0.05) is 5.56 Å². The first kappa shape index (κ1) is 23.5. The molecule has 33 heavy (non-hydrogen) atoms. The largest absolute Gasteiger partial charge is 0.508 e. The molecule has 3 aromatic rings. The highest BCUT2D eigenvalue weighted by Crippen LogP contribution is 2.50. The van der Waals surface area contributed by atoms with E-state index in [0.717, 1.165) is 5.57 Å². The van der Waals surface area contributed by atoms with E-state index in [0.29, 0.717) is 22.4 Å². The Morgan fingerprint density at radius 3 is 2.15 bits per heavy atom. The van der Waals surface area contributed by atoms with Gasteiger partial charge in [-0.3, -0.25) is 0 Å². The molecule has 0 aromatic heterocycles. The van der Waals surface area contributed by atoms with Crippen LogP contribution in [-0.2, 0) is 0 Å². The highest BCUT2D eigenvalue weighted by molar-refractivity contribution is 5.95. The van der Waals surface area contributed by atoms with E-state index in [1.54, 1.807) is 30.3 Å². The molecule has 0 amide bonds. The lowest BCUT2D eigenvalue weighted by molar-refractivity contribution is 0.0693. The van der Waals surface area contributed by atoms with E-state index in [1.165, 1.54) is 32.4 Å². The van der Waals surface area contributed by atoms with Crippen LogP contribution in [0.2, 0.25) is 0 Å². The van der Waals surface area contributed by atoms with Crippen molar-refractivity contribution >= 4 is 5.97 Å². The molecule has 0 fully saturated rings. The molecule has 0 saturated carbocycles. The van der Waals surface area contributed by atoms with E-state index in [1.807, 2.05) is 19.9 Å². The number of hydrogen-bond acceptors (Lipinski definition) is 6. The molecule has 7 heteroatoms. The van der Waals surface area contributed by atoms with Crippen molar-refractivity contribution in [2.75, 3.05) is 20.8 Å². The maximum atomic E-state index is 11.9. The van der Waals surface area contributed by atoms with Gasteiger partial charge in [0.1, 0.15) is 29.4 Å².